The van der Waals surface area contributed by atoms with Gasteiger partial charge in [0.2, 0.25) is 0 Å². The van der Waals surface area contributed by atoms with Gasteiger partial charge < -0.3 is 9.67 Å². The Morgan fingerprint density at radius 3 is 2.12 bits per heavy atom. The molecular weight excluding hydrogens is 685 g/mol. The van der Waals surface area contributed by atoms with E-state index in [1.54, 1.807) is 6.07 Å². The van der Waals surface area contributed by atoms with Crippen molar-refractivity contribution >= 4 is 10.8 Å². The van der Waals surface area contributed by atoms with Gasteiger partial charge in [0.05, 0.1) is 11.5 Å². The summed E-state index contributed by atoms with van der Waals surface area (Å²) in [4.78, 5) is 9.77. The summed E-state index contributed by atoms with van der Waals surface area (Å²) in [6, 6.07) is 33.9. The minimum atomic E-state index is 0. The van der Waals surface area contributed by atoms with E-state index in [1.807, 2.05) is 73.1 Å². The molecule has 41 heavy (non-hydrogen) atoms. The Kier molecular flexibility index (Phi) is 8.24. The Morgan fingerprint density at radius 2 is 1.37 bits per heavy atom. The van der Waals surface area contributed by atoms with Gasteiger partial charge in [-0.25, -0.2) is 0 Å². The molecule has 0 saturated carbocycles. The summed E-state index contributed by atoms with van der Waals surface area (Å²) in [5.41, 5.74) is 7.81. The van der Waals surface area contributed by atoms with Gasteiger partial charge in [0.25, 0.3) is 0 Å². The van der Waals surface area contributed by atoms with Gasteiger partial charge in [-0.15, -0.1) is 24.3 Å². The first kappa shape index (κ1) is 28.5. The van der Waals surface area contributed by atoms with Crippen LogP contribution in [0.4, 0.5) is 0 Å². The molecule has 0 radical (unpaired) electrons. The molecule has 1 N–H and O–H groups in total. The van der Waals surface area contributed by atoms with Gasteiger partial charge in [0.1, 0.15) is 5.75 Å². The Hall–Kier alpha value is -4.01. The van der Waals surface area contributed by atoms with E-state index in [9.17, 15) is 5.11 Å². The van der Waals surface area contributed by atoms with E-state index in [1.165, 1.54) is 16.8 Å². The van der Waals surface area contributed by atoms with Crippen molar-refractivity contribution in [2.45, 2.75) is 39.5 Å². The second-order valence-corrected chi connectivity index (χ2v) is 10.8. The molecule has 0 aliphatic rings. The molecule has 0 saturated heterocycles. The molecule has 4 aromatic carbocycles. The van der Waals surface area contributed by atoms with Gasteiger partial charge in [-0.1, -0.05) is 99.5 Å². The molecular formula is C36H32N3OPt-. The molecule has 6 aromatic rings. The van der Waals surface area contributed by atoms with Crippen LogP contribution in [0.1, 0.15) is 50.7 Å². The number of aromatic hydroxyl groups is 1. The van der Waals surface area contributed by atoms with Gasteiger partial charge in [-0.05, 0) is 45.9 Å². The Bertz CT molecular complexity index is 1810. The Morgan fingerprint density at radius 1 is 0.707 bits per heavy atom. The maximum atomic E-state index is 10.8. The van der Waals surface area contributed by atoms with Crippen LogP contribution in [0.2, 0.25) is 0 Å². The van der Waals surface area contributed by atoms with Crippen molar-refractivity contribution in [2.75, 3.05) is 0 Å². The van der Waals surface area contributed by atoms with Crippen LogP contribution in [-0.2, 0) is 21.1 Å². The molecule has 208 valence electrons. The number of rotatable bonds is 6. The molecule has 6 rings (SSSR count). The van der Waals surface area contributed by atoms with Crippen LogP contribution < -0.4 is 0 Å². The van der Waals surface area contributed by atoms with E-state index in [2.05, 4.69) is 62.6 Å². The molecule has 0 spiro atoms. The number of phenols is 1. The van der Waals surface area contributed by atoms with E-state index >= 15 is 0 Å². The maximum Gasteiger partial charge on any atom is 0.125 e. The van der Waals surface area contributed by atoms with Gasteiger partial charge in [-0.2, -0.15) is 0 Å². The van der Waals surface area contributed by atoms with Crippen molar-refractivity contribution < 1.29 is 26.2 Å². The topological polar surface area (TPSA) is 50.9 Å². The number of pyridine rings is 1. The van der Waals surface area contributed by atoms with Gasteiger partial charge in [0.15, 0.2) is 0 Å². The van der Waals surface area contributed by atoms with E-state index in [0.717, 1.165) is 44.7 Å². The van der Waals surface area contributed by atoms with E-state index in [-0.39, 0.29) is 26.8 Å². The first-order valence-electron chi connectivity index (χ1n) is 13.8. The predicted octanol–water partition coefficient (Wildman–Crippen LogP) is 9.17. The molecule has 0 bridgehead atoms. The quantitative estimate of drug-likeness (QED) is 0.175. The van der Waals surface area contributed by atoms with E-state index in [0.29, 0.717) is 11.8 Å². The maximum absolute atomic E-state index is 10.8. The standard InChI is InChI=1S/C36H32N3O.Pt/c1-23(2)28-14-8-15-29(24(3)4)35(28)39-21-20-37-36(39)27-12-7-11-26(22-27)31-16-9-17-32(38-31)34-30-13-6-5-10-25(30)18-19-33(34)40;/h5-21,23-24,40H,1-4H3;/q-1;. The van der Waals surface area contributed by atoms with Crippen molar-refractivity contribution in [3.8, 4) is 45.3 Å². The fourth-order valence-corrected chi connectivity index (χ4v) is 5.48. The summed E-state index contributed by atoms with van der Waals surface area (Å²) in [6.07, 6.45) is 3.91. The summed E-state index contributed by atoms with van der Waals surface area (Å²) in [5.74, 6) is 1.81. The normalized spacial score (nSPS) is 11.3. The number of phenolic OH excluding ortho intramolecular Hbond substituents is 1. The number of para-hydroxylation sites is 1. The van der Waals surface area contributed by atoms with E-state index in [4.69, 9.17) is 9.97 Å². The third-order valence-electron chi connectivity index (χ3n) is 7.45. The fourth-order valence-electron chi connectivity index (χ4n) is 5.48. The molecule has 0 aliphatic heterocycles. The summed E-state index contributed by atoms with van der Waals surface area (Å²) >= 11 is 0. The van der Waals surface area contributed by atoms with Gasteiger partial charge in [-0.3, -0.25) is 9.97 Å². The smallest absolute Gasteiger partial charge is 0.125 e. The predicted molar refractivity (Wildman–Crippen MR) is 164 cm³/mol. The minimum Gasteiger partial charge on any atom is -0.507 e. The molecule has 0 atom stereocenters. The average Bonchev–Trinajstić information content (AvgIpc) is 3.46. The van der Waals surface area contributed by atoms with Crippen molar-refractivity contribution in [1.82, 2.24) is 14.5 Å². The monoisotopic (exact) mass is 717 g/mol. The zero-order valence-electron chi connectivity index (χ0n) is 23.6. The van der Waals surface area contributed by atoms with Crippen LogP contribution in [-0.4, -0.2) is 19.6 Å². The number of nitrogens with zero attached hydrogens (tertiary/aromatic N) is 3. The van der Waals surface area contributed by atoms with E-state index < -0.39 is 0 Å². The van der Waals surface area contributed by atoms with Crippen LogP contribution in [0.25, 0.3) is 50.4 Å². The van der Waals surface area contributed by atoms with Gasteiger partial charge in [0, 0.05) is 50.4 Å². The van der Waals surface area contributed by atoms with Crippen molar-refractivity contribution in [1.29, 1.82) is 0 Å². The molecule has 0 aliphatic carbocycles. The number of imidazole rings is 1. The molecule has 0 amide bonds. The largest absolute Gasteiger partial charge is 0.507 e. The minimum absolute atomic E-state index is 0. The van der Waals surface area contributed by atoms with Crippen LogP contribution in [0.5, 0.6) is 5.75 Å². The zero-order valence-corrected chi connectivity index (χ0v) is 25.8. The Labute approximate surface area is 256 Å². The number of aromatic nitrogens is 3. The number of hydrogen-bond acceptors (Lipinski definition) is 3. The van der Waals surface area contributed by atoms with Crippen LogP contribution in [0, 0.1) is 6.07 Å². The second kappa shape index (κ2) is 11.8. The molecule has 2 heterocycles. The van der Waals surface area contributed by atoms with Crippen molar-refractivity contribution in [2.24, 2.45) is 0 Å². The third kappa shape index (κ3) is 5.37. The number of fused-ring (bicyclic) bond motifs is 1. The molecule has 4 nitrogen and oxygen atoms in total. The summed E-state index contributed by atoms with van der Waals surface area (Å²) in [5, 5.41) is 12.8. The fraction of sp³-hybridized carbons (Fsp3) is 0.167. The summed E-state index contributed by atoms with van der Waals surface area (Å²) < 4.78 is 2.21. The Balaban J connectivity index is 0.00000337. The second-order valence-electron chi connectivity index (χ2n) is 10.8. The van der Waals surface area contributed by atoms with Crippen LogP contribution in [0.15, 0.2) is 103 Å². The van der Waals surface area contributed by atoms with Crippen molar-refractivity contribution in [3.63, 3.8) is 0 Å². The van der Waals surface area contributed by atoms with Crippen LogP contribution in [0.3, 0.4) is 0 Å². The first-order chi connectivity index (χ1) is 19.4. The first-order valence-corrected chi connectivity index (χ1v) is 13.8. The zero-order chi connectivity index (χ0) is 27.8. The molecule has 2 aromatic heterocycles. The van der Waals surface area contributed by atoms with Crippen molar-refractivity contribution in [3.05, 3.63) is 121 Å². The summed E-state index contributed by atoms with van der Waals surface area (Å²) in [6.45, 7) is 8.94. The third-order valence-corrected chi connectivity index (χ3v) is 7.45. The molecule has 0 fully saturated rings. The average molecular weight is 718 g/mol. The van der Waals surface area contributed by atoms with Crippen LogP contribution >= 0.6 is 0 Å². The number of benzene rings is 4. The molecule has 0 unspecified atom stereocenters. The number of hydrogen-bond donors (Lipinski definition) is 1. The SMILES string of the molecule is CC(C)c1cccc(C(C)C)c1-n1ccnc1-c1[c-]c(-c2cccc(-c3c(O)ccc4ccccc34)n2)ccc1.[Pt]. The van der Waals surface area contributed by atoms with Gasteiger partial charge >= 0.3 is 0 Å². The summed E-state index contributed by atoms with van der Waals surface area (Å²) in [7, 11) is 0. The molecule has 5 heteroatoms.